The molecular weight excluding hydrogens is 540 g/mol. The van der Waals surface area contributed by atoms with Gasteiger partial charge in [-0.3, -0.25) is 10.4 Å². The van der Waals surface area contributed by atoms with Gasteiger partial charge in [0.2, 0.25) is 0 Å². The summed E-state index contributed by atoms with van der Waals surface area (Å²) in [5.74, 6) is 0.428. The van der Waals surface area contributed by atoms with E-state index in [2.05, 4.69) is 89.6 Å². The number of fused-ring (bicyclic) bond motifs is 3. The maximum Gasteiger partial charge on any atom is 0.142 e. The summed E-state index contributed by atoms with van der Waals surface area (Å²) in [7, 11) is 0. The van der Waals surface area contributed by atoms with E-state index >= 15 is 0 Å². The van der Waals surface area contributed by atoms with E-state index in [1.165, 1.54) is 0 Å². The van der Waals surface area contributed by atoms with E-state index in [-0.39, 0.29) is 0 Å². The zero-order valence-electron chi connectivity index (χ0n) is 24.2. The normalized spacial score (nSPS) is 11.1. The Morgan fingerprint density at radius 2 is 1.27 bits per heavy atom. The molecule has 0 atom stereocenters. The van der Waals surface area contributed by atoms with Crippen LogP contribution in [0.15, 0.2) is 156 Å². The molecule has 0 radical (unpaired) electrons. The maximum atomic E-state index is 8.95. The first-order chi connectivity index (χ1) is 21.7. The number of nitrogens with zero attached hydrogens (tertiary/aromatic N) is 1. The number of nitrogens with one attached hydrogen (secondary N) is 3. The molecular formula is C39H32N4O. The number of para-hydroxylation sites is 1. The summed E-state index contributed by atoms with van der Waals surface area (Å²) in [6, 6.07) is 51.4. The molecule has 44 heavy (non-hydrogen) atoms. The van der Waals surface area contributed by atoms with Crippen LogP contribution in [0, 0.1) is 5.41 Å². The minimum absolute atomic E-state index is 0.428. The van der Waals surface area contributed by atoms with Gasteiger partial charge in [-0.05, 0) is 47.0 Å². The summed E-state index contributed by atoms with van der Waals surface area (Å²) < 4.78 is 6.22. The van der Waals surface area contributed by atoms with Crippen molar-refractivity contribution in [3.05, 3.63) is 168 Å². The number of hydrazine groups is 1. The van der Waals surface area contributed by atoms with Crippen LogP contribution >= 0.6 is 0 Å². The van der Waals surface area contributed by atoms with Crippen LogP contribution in [0.4, 0.5) is 11.4 Å². The number of hydrogen-bond acceptors (Lipinski definition) is 4. The fourth-order valence-corrected chi connectivity index (χ4v) is 5.51. The van der Waals surface area contributed by atoms with Crippen molar-refractivity contribution in [2.45, 2.75) is 13.1 Å². The number of rotatable bonds is 9. The predicted molar refractivity (Wildman–Crippen MR) is 181 cm³/mol. The zero-order chi connectivity index (χ0) is 29.7. The summed E-state index contributed by atoms with van der Waals surface area (Å²) in [6.45, 7) is 1.17. The maximum absolute atomic E-state index is 8.95. The highest BCUT2D eigenvalue weighted by molar-refractivity contribution is 6.08. The van der Waals surface area contributed by atoms with Crippen molar-refractivity contribution >= 4 is 39.1 Å². The molecule has 1 aromatic heterocycles. The lowest BCUT2D eigenvalue weighted by Crippen LogP contribution is -2.41. The lowest BCUT2D eigenvalue weighted by atomic mass is 10.0. The van der Waals surface area contributed by atoms with Gasteiger partial charge in [0, 0.05) is 39.8 Å². The Hall–Kier alpha value is -5.65. The number of furan rings is 1. The predicted octanol–water partition coefficient (Wildman–Crippen LogP) is 9.53. The second-order valence-electron chi connectivity index (χ2n) is 10.8. The van der Waals surface area contributed by atoms with Crippen molar-refractivity contribution in [2.24, 2.45) is 0 Å². The number of anilines is 2. The first-order valence-corrected chi connectivity index (χ1v) is 14.8. The van der Waals surface area contributed by atoms with Crippen molar-refractivity contribution in [1.82, 2.24) is 10.4 Å². The van der Waals surface area contributed by atoms with Crippen LogP contribution in [-0.2, 0) is 13.1 Å². The number of hydrogen-bond donors (Lipinski definition) is 3. The Morgan fingerprint density at radius 1 is 0.614 bits per heavy atom. The van der Waals surface area contributed by atoms with Crippen LogP contribution in [0.5, 0.6) is 0 Å². The van der Waals surface area contributed by atoms with Gasteiger partial charge in [-0.25, -0.2) is 5.43 Å². The summed E-state index contributed by atoms with van der Waals surface area (Å²) in [5.41, 5.74) is 12.5. The van der Waals surface area contributed by atoms with E-state index in [0.717, 1.165) is 61.1 Å². The van der Waals surface area contributed by atoms with Gasteiger partial charge in [0.15, 0.2) is 0 Å². The lowest BCUT2D eigenvalue weighted by molar-refractivity contribution is 0.294. The van der Waals surface area contributed by atoms with E-state index in [0.29, 0.717) is 18.9 Å². The zero-order valence-corrected chi connectivity index (χ0v) is 24.2. The van der Waals surface area contributed by atoms with Gasteiger partial charge in [-0.2, -0.15) is 0 Å². The summed E-state index contributed by atoms with van der Waals surface area (Å²) in [6.07, 6.45) is 0. The first kappa shape index (κ1) is 27.2. The van der Waals surface area contributed by atoms with Crippen molar-refractivity contribution < 1.29 is 4.42 Å². The molecule has 1 heterocycles. The SMILES string of the molecule is N=C(c1ccccc1)N(Cc1ccc(Nc2cc3c(cc2-c2ccccc2)oc2ccccc23)cc1)NCc1ccccc1. The Morgan fingerprint density at radius 3 is 2.02 bits per heavy atom. The Kier molecular flexibility index (Phi) is 7.60. The summed E-state index contributed by atoms with van der Waals surface area (Å²) in [5, 5.41) is 16.7. The molecule has 0 bridgehead atoms. The topological polar surface area (TPSA) is 64.3 Å². The largest absolute Gasteiger partial charge is 0.456 e. The molecule has 6 aromatic carbocycles. The first-order valence-electron chi connectivity index (χ1n) is 14.8. The third-order valence-corrected chi connectivity index (χ3v) is 7.81. The van der Waals surface area contributed by atoms with Crippen LogP contribution in [0.2, 0.25) is 0 Å². The van der Waals surface area contributed by atoms with Crippen LogP contribution in [0.3, 0.4) is 0 Å². The van der Waals surface area contributed by atoms with E-state index < -0.39 is 0 Å². The Balaban J connectivity index is 1.16. The van der Waals surface area contributed by atoms with Crippen LogP contribution in [-0.4, -0.2) is 10.8 Å². The standard InChI is InChI=1S/C39H32N4O/c40-39(31-16-8-3-9-17-31)43(41-26-28-12-4-1-5-13-28)27-29-20-22-32(23-21-29)42-36-24-35-33-18-10-11-19-37(33)44-38(35)25-34(36)30-14-6-2-7-15-30/h1-25,40-42H,26-27H2. The second-order valence-corrected chi connectivity index (χ2v) is 10.8. The van der Waals surface area contributed by atoms with Gasteiger partial charge in [0.1, 0.15) is 17.0 Å². The van der Waals surface area contributed by atoms with Crippen molar-refractivity contribution in [3.8, 4) is 11.1 Å². The van der Waals surface area contributed by atoms with Gasteiger partial charge in [0.25, 0.3) is 0 Å². The van der Waals surface area contributed by atoms with Gasteiger partial charge < -0.3 is 9.73 Å². The van der Waals surface area contributed by atoms with Gasteiger partial charge in [-0.1, -0.05) is 121 Å². The molecule has 7 rings (SSSR count). The second kappa shape index (κ2) is 12.3. The monoisotopic (exact) mass is 572 g/mol. The van der Waals surface area contributed by atoms with Crippen molar-refractivity contribution in [2.75, 3.05) is 5.32 Å². The van der Waals surface area contributed by atoms with Crippen LogP contribution in [0.25, 0.3) is 33.1 Å². The molecule has 0 amide bonds. The average Bonchev–Trinajstić information content (AvgIpc) is 3.45. The summed E-state index contributed by atoms with van der Waals surface area (Å²) >= 11 is 0. The van der Waals surface area contributed by atoms with Crippen LogP contribution in [0.1, 0.15) is 16.7 Å². The van der Waals surface area contributed by atoms with Crippen LogP contribution < -0.4 is 10.7 Å². The Labute approximate surface area is 256 Å². The lowest BCUT2D eigenvalue weighted by Gasteiger charge is -2.26. The number of benzene rings is 6. The highest BCUT2D eigenvalue weighted by atomic mass is 16.3. The molecule has 0 unspecified atom stereocenters. The molecule has 0 fully saturated rings. The summed E-state index contributed by atoms with van der Waals surface area (Å²) in [4.78, 5) is 0. The molecule has 0 aliphatic carbocycles. The molecule has 7 aromatic rings. The molecule has 0 saturated carbocycles. The minimum atomic E-state index is 0.428. The van der Waals surface area contributed by atoms with E-state index in [1.54, 1.807) is 0 Å². The molecule has 0 saturated heterocycles. The highest BCUT2D eigenvalue weighted by Crippen LogP contribution is 2.38. The fourth-order valence-electron chi connectivity index (χ4n) is 5.51. The molecule has 5 nitrogen and oxygen atoms in total. The number of amidine groups is 1. The third-order valence-electron chi connectivity index (χ3n) is 7.81. The highest BCUT2D eigenvalue weighted by Gasteiger charge is 2.15. The van der Waals surface area contributed by atoms with E-state index in [4.69, 9.17) is 9.83 Å². The molecule has 214 valence electrons. The van der Waals surface area contributed by atoms with Gasteiger partial charge >= 0.3 is 0 Å². The van der Waals surface area contributed by atoms with E-state index in [1.807, 2.05) is 77.8 Å². The third kappa shape index (κ3) is 5.82. The minimum Gasteiger partial charge on any atom is -0.456 e. The van der Waals surface area contributed by atoms with Crippen molar-refractivity contribution in [3.63, 3.8) is 0 Å². The van der Waals surface area contributed by atoms with Gasteiger partial charge in [0.05, 0.1) is 6.54 Å². The van der Waals surface area contributed by atoms with E-state index in [9.17, 15) is 0 Å². The fraction of sp³-hybridized carbons (Fsp3) is 0.0513. The molecule has 5 heteroatoms. The molecule has 0 aliphatic rings. The smallest absolute Gasteiger partial charge is 0.142 e. The molecule has 3 N–H and O–H groups in total. The quantitative estimate of drug-likeness (QED) is 0.0916. The Bertz CT molecular complexity index is 2020. The molecule has 0 aliphatic heterocycles. The average molecular weight is 573 g/mol. The molecule has 0 spiro atoms. The van der Waals surface area contributed by atoms with Crippen molar-refractivity contribution in [1.29, 1.82) is 5.41 Å². The van der Waals surface area contributed by atoms with Gasteiger partial charge in [-0.15, -0.1) is 0 Å².